The lowest BCUT2D eigenvalue weighted by Gasteiger charge is -2.00. The van der Waals surface area contributed by atoms with E-state index in [4.69, 9.17) is 0 Å². The molecule has 1 heterocycles. The van der Waals surface area contributed by atoms with Crippen molar-refractivity contribution in [3.8, 4) is 0 Å². The Morgan fingerprint density at radius 1 is 1.79 bits per heavy atom. The summed E-state index contributed by atoms with van der Waals surface area (Å²) in [7, 11) is 0. The molecule has 0 saturated carbocycles. The van der Waals surface area contributed by atoms with Crippen LogP contribution in [0.3, 0.4) is 0 Å². The van der Waals surface area contributed by atoms with Crippen molar-refractivity contribution in [1.82, 2.24) is 9.78 Å². The number of aromatic nitrogens is 2. The Morgan fingerprint density at radius 2 is 2.50 bits per heavy atom. The summed E-state index contributed by atoms with van der Waals surface area (Å²) in [5, 5.41) is 6.34. The van der Waals surface area contributed by atoms with Crippen LogP contribution in [0.5, 0.6) is 0 Å². The van der Waals surface area contributed by atoms with Gasteiger partial charge in [-0.25, -0.2) is 4.99 Å². The van der Waals surface area contributed by atoms with Crippen molar-refractivity contribution in [2.24, 2.45) is 4.99 Å². The molecule has 4 nitrogen and oxygen atoms in total. The molecule has 1 rings (SSSR count). The zero-order chi connectivity index (χ0) is 10.6. The van der Waals surface area contributed by atoms with E-state index in [0.29, 0.717) is 12.2 Å². The van der Waals surface area contributed by atoms with E-state index in [2.05, 4.69) is 27.5 Å². The fourth-order valence-electron chi connectivity index (χ4n) is 1.20. The lowest BCUT2D eigenvalue weighted by atomic mass is 10.2. The van der Waals surface area contributed by atoms with Crippen LogP contribution < -0.4 is 0 Å². The van der Waals surface area contributed by atoms with Crippen molar-refractivity contribution in [3.05, 3.63) is 17.5 Å². The van der Waals surface area contributed by atoms with Crippen molar-refractivity contribution in [1.29, 1.82) is 0 Å². The third-order valence-electron chi connectivity index (χ3n) is 1.77. The number of hydrogen-bond acceptors (Lipinski definition) is 4. The van der Waals surface area contributed by atoms with Gasteiger partial charge in [-0.2, -0.15) is 5.10 Å². The molecule has 0 bridgehead atoms. The first kappa shape index (κ1) is 10.8. The van der Waals surface area contributed by atoms with Gasteiger partial charge in [-0.3, -0.25) is 9.48 Å². The average Bonchev–Trinajstić information content (AvgIpc) is 2.56. The molecule has 0 N–H and O–H groups in total. The van der Waals surface area contributed by atoms with Crippen LogP contribution in [0, 0.1) is 6.92 Å². The van der Waals surface area contributed by atoms with Crippen molar-refractivity contribution >= 4 is 23.2 Å². The van der Waals surface area contributed by atoms with E-state index in [0.717, 1.165) is 5.69 Å². The first-order chi connectivity index (χ1) is 6.69. The van der Waals surface area contributed by atoms with E-state index >= 15 is 0 Å². The van der Waals surface area contributed by atoms with Gasteiger partial charge in [0.2, 0.25) is 5.78 Å². The molecule has 1 aromatic rings. The summed E-state index contributed by atoms with van der Waals surface area (Å²) >= 11 is 4.40. The number of ketones is 1. The van der Waals surface area contributed by atoms with E-state index in [-0.39, 0.29) is 12.3 Å². The van der Waals surface area contributed by atoms with E-state index in [1.807, 2.05) is 13.8 Å². The largest absolute Gasteiger partial charge is 0.290 e. The summed E-state index contributed by atoms with van der Waals surface area (Å²) in [5.74, 6) is -0.0789. The van der Waals surface area contributed by atoms with Gasteiger partial charge in [-0.15, -0.1) is 0 Å². The molecule has 0 unspecified atom stereocenters. The quantitative estimate of drug-likeness (QED) is 0.429. The molecule has 74 valence electrons. The molecule has 1 aromatic heterocycles. The Morgan fingerprint density at radius 3 is 3.07 bits per heavy atom. The third-order valence-corrected chi connectivity index (χ3v) is 1.90. The highest BCUT2D eigenvalue weighted by Crippen LogP contribution is 2.04. The van der Waals surface area contributed by atoms with Crippen LogP contribution in [0.1, 0.15) is 23.1 Å². The maximum atomic E-state index is 11.6. The smallest absolute Gasteiger partial charge is 0.203 e. The number of thiocarbonyl (C=S) groups is 1. The molecule has 14 heavy (non-hydrogen) atoms. The van der Waals surface area contributed by atoms with Crippen molar-refractivity contribution < 1.29 is 4.79 Å². The first-order valence-corrected chi connectivity index (χ1v) is 4.71. The monoisotopic (exact) mass is 209 g/mol. The van der Waals surface area contributed by atoms with Gasteiger partial charge in [-0.1, -0.05) is 0 Å². The molecule has 0 amide bonds. The fraction of sp³-hybridized carbons (Fsp3) is 0.444. The van der Waals surface area contributed by atoms with Gasteiger partial charge in [0.15, 0.2) is 0 Å². The van der Waals surface area contributed by atoms with Crippen molar-refractivity contribution in [2.75, 3.05) is 6.54 Å². The number of nitrogens with zero attached hydrogens (tertiary/aromatic N) is 3. The summed E-state index contributed by atoms with van der Waals surface area (Å²) in [6.45, 7) is 4.52. The minimum Gasteiger partial charge on any atom is -0.290 e. The zero-order valence-electron chi connectivity index (χ0n) is 8.15. The highest BCUT2D eigenvalue weighted by atomic mass is 32.1. The predicted octanol–water partition coefficient (Wildman–Crippen LogP) is 1.50. The fourth-order valence-corrected chi connectivity index (χ4v) is 1.26. The summed E-state index contributed by atoms with van der Waals surface area (Å²) in [4.78, 5) is 15.2. The number of carbonyl (C=O) groups is 1. The maximum absolute atomic E-state index is 11.6. The first-order valence-electron chi connectivity index (χ1n) is 4.30. The molecular formula is C9H11N3OS. The topological polar surface area (TPSA) is 47.2 Å². The van der Waals surface area contributed by atoms with E-state index in [9.17, 15) is 4.79 Å². The Bertz CT molecular complexity index is 391. The van der Waals surface area contributed by atoms with E-state index in [1.54, 1.807) is 10.7 Å². The molecule has 5 heteroatoms. The number of aryl methyl sites for hydroxylation is 2. The molecule has 0 spiro atoms. The van der Waals surface area contributed by atoms with Crippen LogP contribution in [0.15, 0.2) is 11.1 Å². The Hall–Kier alpha value is -1.32. The van der Waals surface area contributed by atoms with Crippen LogP contribution in [0.2, 0.25) is 0 Å². The minimum atomic E-state index is -0.0789. The normalized spacial score (nSPS) is 9.57. The highest BCUT2D eigenvalue weighted by Gasteiger charge is 2.11. The number of hydrogen-bond donors (Lipinski definition) is 0. The standard InChI is InChI=1S/C9H11N3OS/c1-3-12-8(4-7(2)11-12)9(13)5-10-6-14/h4H,3,5H2,1-2H3. The second-order valence-electron chi connectivity index (χ2n) is 2.82. The second-order valence-corrected chi connectivity index (χ2v) is 3.00. The summed E-state index contributed by atoms with van der Waals surface area (Å²) in [6.07, 6.45) is 0. The SMILES string of the molecule is CCn1nc(C)cc1C(=O)CN=C=S. The van der Waals surface area contributed by atoms with Gasteiger partial charge >= 0.3 is 0 Å². The van der Waals surface area contributed by atoms with Crippen molar-refractivity contribution in [3.63, 3.8) is 0 Å². The molecular weight excluding hydrogens is 198 g/mol. The van der Waals surface area contributed by atoms with Crippen LogP contribution in [0.25, 0.3) is 0 Å². The van der Waals surface area contributed by atoms with E-state index in [1.165, 1.54) is 0 Å². The molecule has 0 fully saturated rings. The van der Waals surface area contributed by atoms with Crippen LogP contribution in [0.4, 0.5) is 0 Å². The summed E-state index contributed by atoms with van der Waals surface area (Å²) in [5.41, 5.74) is 1.42. The lowest BCUT2D eigenvalue weighted by Crippen LogP contribution is -2.11. The maximum Gasteiger partial charge on any atom is 0.203 e. The van der Waals surface area contributed by atoms with Gasteiger partial charge in [0.1, 0.15) is 12.2 Å². The van der Waals surface area contributed by atoms with Crippen molar-refractivity contribution in [2.45, 2.75) is 20.4 Å². The van der Waals surface area contributed by atoms with Gasteiger partial charge in [0.05, 0.1) is 10.9 Å². The van der Waals surface area contributed by atoms with Gasteiger partial charge in [-0.05, 0) is 32.1 Å². The zero-order valence-corrected chi connectivity index (χ0v) is 8.97. The molecule has 0 radical (unpaired) electrons. The average molecular weight is 209 g/mol. The number of carbonyl (C=O) groups excluding carboxylic acids is 1. The molecule has 0 aliphatic rings. The lowest BCUT2D eigenvalue weighted by molar-refractivity contribution is 0.0992. The molecule has 0 aliphatic carbocycles. The predicted molar refractivity (Wildman–Crippen MR) is 56.9 cm³/mol. The number of rotatable bonds is 4. The highest BCUT2D eigenvalue weighted by molar-refractivity contribution is 7.78. The molecule has 0 atom stereocenters. The third kappa shape index (κ3) is 2.34. The van der Waals surface area contributed by atoms with Crippen LogP contribution in [-0.2, 0) is 6.54 Å². The van der Waals surface area contributed by atoms with E-state index < -0.39 is 0 Å². The number of Topliss-reactive ketones (excluding diaryl/α,β-unsaturated/α-hetero) is 1. The van der Waals surface area contributed by atoms with Crippen LogP contribution >= 0.6 is 12.2 Å². The van der Waals surface area contributed by atoms with Crippen LogP contribution in [-0.4, -0.2) is 27.3 Å². The molecule has 0 saturated heterocycles. The Kier molecular flexibility index (Phi) is 3.68. The number of isothiocyanates is 1. The van der Waals surface area contributed by atoms with Gasteiger partial charge in [0, 0.05) is 6.54 Å². The Balaban J connectivity index is 2.93. The second kappa shape index (κ2) is 4.79. The number of aliphatic imine (C=N–C) groups is 1. The molecule has 0 aromatic carbocycles. The Labute approximate surface area is 87.6 Å². The minimum absolute atomic E-state index is 0.0502. The van der Waals surface area contributed by atoms with Gasteiger partial charge < -0.3 is 0 Å². The summed E-state index contributed by atoms with van der Waals surface area (Å²) in [6, 6.07) is 1.75. The van der Waals surface area contributed by atoms with Gasteiger partial charge in [0.25, 0.3) is 0 Å². The molecule has 0 aliphatic heterocycles. The summed E-state index contributed by atoms with van der Waals surface area (Å²) < 4.78 is 1.66.